The molecule has 0 aliphatic heterocycles. The van der Waals surface area contributed by atoms with Crippen molar-refractivity contribution in [3.63, 3.8) is 0 Å². The highest BCUT2D eigenvalue weighted by molar-refractivity contribution is 9.10. The molecule has 1 aromatic rings. The highest BCUT2D eigenvalue weighted by atomic mass is 79.9. The standard InChI is InChI=1S/C12H17BrF2N2O/c13-10-3-4-11(18-12(14)15)9(7-10)8-17-6-2-1-5-16/h3-4,7,12,17H,1-2,5-6,8,16H2. The molecule has 3 nitrogen and oxygen atoms in total. The number of benzene rings is 1. The van der Waals surface area contributed by atoms with Crippen molar-refractivity contribution in [2.45, 2.75) is 26.0 Å². The van der Waals surface area contributed by atoms with Gasteiger partial charge in [0.1, 0.15) is 5.75 Å². The molecule has 0 aromatic heterocycles. The van der Waals surface area contributed by atoms with E-state index < -0.39 is 6.61 Å². The highest BCUT2D eigenvalue weighted by Crippen LogP contribution is 2.24. The quantitative estimate of drug-likeness (QED) is 0.723. The number of unbranched alkanes of at least 4 members (excludes halogenated alkanes) is 1. The molecular weight excluding hydrogens is 306 g/mol. The van der Waals surface area contributed by atoms with Crippen molar-refractivity contribution in [1.29, 1.82) is 0 Å². The molecule has 0 heterocycles. The van der Waals surface area contributed by atoms with E-state index in [-0.39, 0.29) is 5.75 Å². The minimum absolute atomic E-state index is 0.208. The van der Waals surface area contributed by atoms with Crippen LogP contribution < -0.4 is 15.8 Å². The van der Waals surface area contributed by atoms with Crippen LogP contribution in [0.4, 0.5) is 8.78 Å². The summed E-state index contributed by atoms with van der Waals surface area (Å²) in [5.41, 5.74) is 6.09. The van der Waals surface area contributed by atoms with E-state index in [0.29, 0.717) is 18.7 Å². The maximum absolute atomic E-state index is 12.2. The molecule has 0 fully saturated rings. The van der Waals surface area contributed by atoms with E-state index in [2.05, 4.69) is 26.0 Å². The van der Waals surface area contributed by atoms with E-state index in [1.807, 2.05) is 0 Å². The zero-order valence-electron chi connectivity index (χ0n) is 9.96. The first-order chi connectivity index (χ1) is 8.63. The first kappa shape index (κ1) is 15.3. The Morgan fingerprint density at radius 1 is 1.33 bits per heavy atom. The topological polar surface area (TPSA) is 47.3 Å². The van der Waals surface area contributed by atoms with Crippen LogP contribution in [0.3, 0.4) is 0 Å². The van der Waals surface area contributed by atoms with Crippen molar-refractivity contribution in [1.82, 2.24) is 5.32 Å². The predicted octanol–water partition coefficient (Wildman–Crippen LogP) is 2.88. The molecule has 0 saturated heterocycles. The Morgan fingerprint density at radius 3 is 2.78 bits per heavy atom. The van der Waals surface area contributed by atoms with Crippen LogP contribution in [0.25, 0.3) is 0 Å². The average Bonchev–Trinajstić information content (AvgIpc) is 2.31. The summed E-state index contributed by atoms with van der Waals surface area (Å²) < 4.78 is 29.7. The Bertz CT molecular complexity index is 364. The minimum atomic E-state index is -2.80. The fraction of sp³-hybridized carbons (Fsp3) is 0.500. The van der Waals surface area contributed by atoms with E-state index in [1.54, 1.807) is 12.1 Å². The summed E-state index contributed by atoms with van der Waals surface area (Å²) in [6.45, 7) is -0.843. The molecule has 6 heteroatoms. The van der Waals surface area contributed by atoms with Gasteiger partial charge in [-0.3, -0.25) is 0 Å². The van der Waals surface area contributed by atoms with Gasteiger partial charge in [-0.2, -0.15) is 8.78 Å². The Morgan fingerprint density at radius 2 is 2.11 bits per heavy atom. The van der Waals surface area contributed by atoms with Crippen molar-refractivity contribution >= 4 is 15.9 Å². The summed E-state index contributed by atoms with van der Waals surface area (Å²) in [4.78, 5) is 0. The van der Waals surface area contributed by atoms with Gasteiger partial charge in [0, 0.05) is 16.6 Å². The van der Waals surface area contributed by atoms with Crippen molar-refractivity contribution in [3.8, 4) is 5.75 Å². The van der Waals surface area contributed by atoms with E-state index in [9.17, 15) is 8.78 Å². The number of ether oxygens (including phenoxy) is 1. The third-order valence-corrected chi connectivity index (χ3v) is 2.85. The van der Waals surface area contributed by atoms with Crippen LogP contribution in [-0.4, -0.2) is 19.7 Å². The van der Waals surface area contributed by atoms with Crippen LogP contribution >= 0.6 is 15.9 Å². The van der Waals surface area contributed by atoms with Crippen molar-refractivity contribution in [3.05, 3.63) is 28.2 Å². The summed E-state index contributed by atoms with van der Waals surface area (Å²) in [5.74, 6) is 0.208. The molecule has 0 radical (unpaired) electrons. The number of rotatable bonds is 8. The average molecular weight is 323 g/mol. The summed E-state index contributed by atoms with van der Waals surface area (Å²) in [7, 11) is 0. The third-order valence-electron chi connectivity index (χ3n) is 2.36. The summed E-state index contributed by atoms with van der Waals surface area (Å²) >= 11 is 3.31. The van der Waals surface area contributed by atoms with Crippen LogP contribution in [0, 0.1) is 0 Å². The molecule has 1 rings (SSSR count). The number of halogens is 3. The second kappa shape index (κ2) is 8.39. The molecule has 3 N–H and O–H groups in total. The molecule has 1 aromatic carbocycles. The highest BCUT2D eigenvalue weighted by Gasteiger charge is 2.09. The number of hydrogen-bond acceptors (Lipinski definition) is 3. The molecule has 0 bridgehead atoms. The summed E-state index contributed by atoms with van der Waals surface area (Å²) in [5, 5.41) is 3.18. The molecule has 0 spiro atoms. The smallest absolute Gasteiger partial charge is 0.387 e. The number of hydrogen-bond donors (Lipinski definition) is 2. The fourth-order valence-corrected chi connectivity index (χ4v) is 1.92. The van der Waals surface area contributed by atoms with Crippen molar-refractivity contribution in [2.75, 3.05) is 13.1 Å². The Labute approximate surface area is 114 Å². The lowest BCUT2D eigenvalue weighted by Gasteiger charge is -2.12. The maximum atomic E-state index is 12.2. The molecule has 102 valence electrons. The Balaban J connectivity index is 2.53. The predicted molar refractivity (Wildman–Crippen MR) is 70.8 cm³/mol. The summed E-state index contributed by atoms with van der Waals surface area (Å²) in [6.07, 6.45) is 1.92. The van der Waals surface area contributed by atoms with Gasteiger partial charge in [-0.15, -0.1) is 0 Å². The molecule has 0 saturated carbocycles. The first-order valence-electron chi connectivity index (χ1n) is 5.77. The second-order valence-electron chi connectivity index (χ2n) is 3.80. The van der Waals surface area contributed by atoms with Gasteiger partial charge in [0.05, 0.1) is 0 Å². The molecule has 18 heavy (non-hydrogen) atoms. The van der Waals surface area contributed by atoms with Crippen LogP contribution in [-0.2, 0) is 6.54 Å². The first-order valence-corrected chi connectivity index (χ1v) is 6.57. The SMILES string of the molecule is NCCCCNCc1cc(Br)ccc1OC(F)F. The van der Waals surface area contributed by atoms with Gasteiger partial charge in [-0.05, 0) is 44.1 Å². The fourth-order valence-electron chi connectivity index (χ4n) is 1.51. The molecule has 0 amide bonds. The number of alkyl halides is 2. The van der Waals surface area contributed by atoms with E-state index in [0.717, 1.165) is 23.9 Å². The van der Waals surface area contributed by atoms with Gasteiger partial charge >= 0.3 is 6.61 Å². The molecule has 0 unspecified atom stereocenters. The minimum Gasteiger partial charge on any atom is -0.434 e. The Kier molecular flexibility index (Phi) is 7.15. The van der Waals surface area contributed by atoms with Crippen LogP contribution in [0.15, 0.2) is 22.7 Å². The van der Waals surface area contributed by atoms with Gasteiger partial charge in [0.25, 0.3) is 0 Å². The van der Waals surface area contributed by atoms with E-state index in [4.69, 9.17) is 5.73 Å². The van der Waals surface area contributed by atoms with Gasteiger partial charge < -0.3 is 15.8 Å². The van der Waals surface area contributed by atoms with Crippen LogP contribution in [0.5, 0.6) is 5.75 Å². The van der Waals surface area contributed by atoms with Gasteiger partial charge in [0.2, 0.25) is 0 Å². The Hall–Kier alpha value is -0.720. The number of nitrogens with one attached hydrogen (secondary N) is 1. The van der Waals surface area contributed by atoms with E-state index in [1.165, 1.54) is 6.07 Å². The van der Waals surface area contributed by atoms with Crippen molar-refractivity contribution < 1.29 is 13.5 Å². The van der Waals surface area contributed by atoms with Gasteiger partial charge in [-0.25, -0.2) is 0 Å². The monoisotopic (exact) mass is 322 g/mol. The van der Waals surface area contributed by atoms with Gasteiger partial charge in [-0.1, -0.05) is 15.9 Å². The largest absolute Gasteiger partial charge is 0.434 e. The number of nitrogens with two attached hydrogens (primary N) is 1. The van der Waals surface area contributed by atoms with Crippen LogP contribution in [0.1, 0.15) is 18.4 Å². The molecule has 0 atom stereocenters. The lowest BCUT2D eigenvalue weighted by atomic mass is 10.2. The zero-order chi connectivity index (χ0) is 13.4. The van der Waals surface area contributed by atoms with Crippen LogP contribution in [0.2, 0.25) is 0 Å². The van der Waals surface area contributed by atoms with Crippen molar-refractivity contribution in [2.24, 2.45) is 5.73 Å². The third kappa shape index (κ3) is 5.75. The molecule has 0 aliphatic carbocycles. The van der Waals surface area contributed by atoms with Gasteiger partial charge in [0.15, 0.2) is 0 Å². The molecular formula is C12H17BrF2N2O. The second-order valence-corrected chi connectivity index (χ2v) is 4.72. The summed E-state index contributed by atoms with van der Waals surface area (Å²) in [6, 6.07) is 4.98. The zero-order valence-corrected chi connectivity index (χ0v) is 11.6. The lowest BCUT2D eigenvalue weighted by molar-refractivity contribution is -0.0505. The van der Waals surface area contributed by atoms with E-state index >= 15 is 0 Å². The lowest BCUT2D eigenvalue weighted by Crippen LogP contribution is -2.17. The molecule has 0 aliphatic rings. The normalized spacial score (nSPS) is 10.9. The maximum Gasteiger partial charge on any atom is 0.387 e.